The molecule has 2 aromatic rings. The topological polar surface area (TPSA) is 76.1 Å². The van der Waals surface area contributed by atoms with E-state index in [9.17, 15) is 14.7 Å². The van der Waals surface area contributed by atoms with Gasteiger partial charge in [0.2, 0.25) is 0 Å². The van der Waals surface area contributed by atoms with Crippen molar-refractivity contribution in [1.29, 1.82) is 0 Å². The van der Waals surface area contributed by atoms with Crippen LogP contribution >= 0.6 is 0 Å². The summed E-state index contributed by atoms with van der Waals surface area (Å²) < 4.78 is 10.3. The molecule has 6 nitrogen and oxygen atoms in total. The Morgan fingerprint density at radius 2 is 1.83 bits per heavy atom. The van der Waals surface area contributed by atoms with Crippen LogP contribution < -0.4 is 4.74 Å². The zero-order valence-electron chi connectivity index (χ0n) is 16.8. The lowest BCUT2D eigenvalue weighted by molar-refractivity contribution is -0.141. The molecule has 1 aliphatic rings. The molecule has 0 radical (unpaired) electrons. The molecule has 0 aliphatic carbocycles. The summed E-state index contributed by atoms with van der Waals surface area (Å²) in [4.78, 5) is 26.8. The second-order valence-electron chi connectivity index (χ2n) is 7.39. The maximum Gasteiger partial charge on any atom is 0.342 e. The fourth-order valence-corrected chi connectivity index (χ4v) is 3.65. The number of aromatic hydroxyl groups is 1. The van der Waals surface area contributed by atoms with Crippen LogP contribution in [0.15, 0.2) is 48.5 Å². The highest BCUT2D eigenvalue weighted by Crippen LogP contribution is 2.25. The van der Waals surface area contributed by atoms with Crippen LogP contribution in [0.2, 0.25) is 0 Å². The Kier molecular flexibility index (Phi) is 6.75. The number of phenolic OH excluding ortho intramolecular Hbond substituents is 1. The van der Waals surface area contributed by atoms with Crippen LogP contribution in [0.4, 0.5) is 0 Å². The molecule has 6 heteroatoms. The van der Waals surface area contributed by atoms with Gasteiger partial charge in [0.25, 0.3) is 5.91 Å². The van der Waals surface area contributed by atoms with Crippen LogP contribution in [0.5, 0.6) is 11.5 Å². The first-order valence-corrected chi connectivity index (χ1v) is 9.88. The molecule has 29 heavy (non-hydrogen) atoms. The van der Waals surface area contributed by atoms with Gasteiger partial charge in [-0.3, -0.25) is 4.79 Å². The first-order chi connectivity index (χ1) is 14.0. The minimum Gasteiger partial charge on any atom is -0.507 e. The van der Waals surface area contributed by atoms with Crippen molar-refractivity contribution in [3.8, 4) is 11.5 Å². The van der Waals surface area contributed by atoms with Gasteiger partial charge in [0.15, 0.2) is 6.10 Å². The summed E-state index contributed by atoms with van der Waals surface area (Å²) in [5, 5.41) is 9.97. The molecule has 0 bridgehead atoms. The third-order valence-electron chi connectivity index (χ3n) is 5.35. The fourth-order valence-electron chi connectivity index (χ4n) is 3.65. The second kappa shape index (κ2) is 9.45. The molecular weight excluding hydrogens is 370 g/mol. The van der Waals surface area contributed by atoms with Crippen LogP contribution in [-0.4, -0.2) is 48.2 Å². The van der Waals surface area contributed by atoms with Crippen LogP contribution in [0.3, 0.4) is 0 Å². The molecule has 2 aromatic carbocycles. The Morgan fingerprint density at radius 1 is 1.14 bits per heavy atom. The highest BCUT2D eigenvalue weighted by atomic mass is 16.5. The first kappa shape index (κ1) is 20.7. The van der Waals surface area contributed by atoms with Crippen LogP contribution in [-0.2, 0) is 16.0 Å². The molecule has 1 amide bonds. The van der Waals surface area contributed by atoms with Crippen molar-refractivity contribution < 1.29 is 24.2 Å². The van der Waals surface area contributed by atoms with Gasteiger partial charge in [-0.15, -0.1) is 0 Å². The minimum absolute atomic E-state index is 0.00650. The third-order valence-corrected chi connectivity index (χ3v) is 5.35. The number of methoxy groups -OCH3 is 1. The van der Waals surface area contributed by atoms with Gasteiger partial charge in [-0.1, -0.05) is 30.3 Å². The lowest BCUT2D eigenvalue weighted by Gasteiger charge is -2.33. The number of rotatable bonds is 6. The molecule has 1 aliphatic heterocycles. The number of phenols is 1. The van der Waals surface area contributed by atoms with E-state index < -0.39 is 12.1 Å². The van der Waals surface area contributed by atoms with Gasteiger partial charge < -0.3 is 19.5 Å². The maximum atomic E-state index is 12.7. The monoisotopic (exact) mass is 397 g/mol. The lowest BCUT2D eigenvalue weighted by Crippen LogP contribution is -2.44. The summed E-state index contributed by atoms with van der Waals surface area (Å²) in [6.45, 7) is 2.88. The van der Waals surface area contributed by atoms with Gasteiger partial charge >= 0.3 is 5.97 Å². The van der Waals surface area contributed by atoms with Crippen molar-refractivity contribution in [2.75, 3.05) is 20.2 Å². The number of ether oxygens (including phenoxy) is 2. The van der Waals surface area contributed by atoms with E-state index >= 15 is 0 Å². The average molecular weight is 397 g/mol. The number of carbonyl (C=O) groups is 2. The predicted molar refractivity (Wildman–Crippen MR) is 109 cm³/mol. The summed E-state index contributed by atoms with van der Waals surface area (Å²) in [6.07, 6.45) is 1.97. The minimum atomic E-state index is -0.908. The number of hydrogen-bond acceptors (Lipinski definition) is 5. The normalized spacial score (nSPS) is 15.6. The van der Waals surface area contributed by atoms with Gasteiger partial charge in [0.05, 0.1) is 7.11 Å². The van der Waals surface area contributed by atoms with E-state index in [1.807, 2.05) is 18.2 Å². The van der Waals surface area contributed by atoms with E-state index in [2.05, 4.69) is 12.1 Å². The van der Waals surface area contributed by atoms with Gasteiger partial charge in [-0.2, -0.15) is 0 Å². The van der Waals surface area contributed by atoms with E-state index in [1.54, 1.807) is 17.9 Å². The molecule has 0 aromatic heterocycles. The first-order valence-electron chi connectivity index (χ1n) is 9.88. The lowest BCUT2D eigenvalue weighted by atomic mass is 9.90. The summed E-state index contributed by atoms with van der Waals surface area (Å²) in [5.41, 5.74) is 1.32. The van der Waals surface area contributed by atoms with Gasteiger partial charge in [-0.05, 0) is 49.8 Å². The van der Waals surface area contributed by atoms with Crippen molar-refractivity contribution in [3.63, 3.8) is 0 Å². The average Bonchev–Trinajstić information content (AvgIpc) is 2.74. The summed E-state index contributed by atoms with van der Waals surface area (Å²) in [5.74, 6) is -0.192. The number of nitrogens with zero attached hydrogens (tertiary/aromatic N) is 1. The number of likely N-dealkylation sites (tertiary alicyclic amines) is 1. The van der Waals surface area contributed by atoms with Crippen LogP contribution in [0.1, 0.15) is 35.7 Å². The maximum absolute atomic E-state index is 12.7. The number of carbonyl (C=O) groups excluding carboxylic acids is 2. The SMILES string of the molecule is COc1ccc(C(=O)O[C@H](C)C(=O)N2CCC(Cc3ccccc3)CC2)c(O)c1. The molecule has 0 saturated carbocycles. The Balaban J connectivity index is 1.51. The van der Waals surface area contributed by atoms with Crippen LogP contribution in [0.25, 0.3) is 0 Å². The predicted octanol–water partition coefficient (Wildman–Crippen LogP) is 3.43. The van der Waals surface area contributed by atoms with Gasteiger partial charge in [0.1, 0.15) is 17.1 Å². The van der Waals surface area contributed by atoms with E-state index in [0.29, 0.717) is 24.8 Å². The smallest absolute Gasteiger partial charge is 0.342 e. The molecule has 0 spiro atoms. The van der Waals surface area contributed by atoms with E-state index in [-0.39, 0.29) is 17.2 Å². The molecule has 0 unspecified atom stereocenters. The number of piperidine rings is 1. The molecule has 1 N–H and O–H groups in total. The second-order valence-corrected chi connectivity index (χ2v) is 7.39. The van der Waals surface area contributed by atoms with Crippen molar-refractivity contribution in [1.82, 2.24) is 4.90 Å². The number of hydrogen-bond donors (Lipinski definition) is 1. The summed E-state index contributed by atoms with van der Waals surface area (Å²) in [6, 6.07) is 14.7. The molecule has 3 rings (SSSR count). The Labute approximate surface area is 171 Å². The standard InChI is InChI=1S/C23H27NO5/c1-16(29-23(27)20-9-8-19(28-2)15-21(20)25)22(26)24-12-10-18(11-13-24)14-17-6-4-3-5-7-17/h3-9,15-16,18,25H,10-14H2,1-2H3/t16-/m1/s1. The zero-order valence-corrected chi connectivity index (χ0v) is 16.8. The van der Waals surface area contributed by atoms with E-state index in [4.69, 9.17) is 9.47 Å². The summed E-state index contributed by atoms with van der Waals surface area (Å²) in [7, 11) is 1.47. The van der Waals surface area contributed by atoms with Crippen molar-refractivity contribution in [3.05, 3.63) is 59.7 Å². The van der Waals surface area contributed by atoms with Crippen molar-refractivity contribution in [2.45, 2.75) is 32.3 Å². The molecule has 1 heterocycles. The Hall–Kier alpha value is -3.02. The van der Waals surface area contributed by atoms with Gasteiger partial charge in [0, 0.05) is 19.2 Å². The van der Waals surface area contributed by atoms with E-state index in [1.165, 1.54) is 24.8 Å². The highest BCUT2D eigenvalue weighted by Gasteiger charge is 2.29. The molecule has 154 valence electrons. The molecule has 1 fully saturated rings. The van der Waals surface area contributed by atoms with Crippen molar-refractivity contribution >= 4 is 11.9 Å². The molecular formula is C23H27NO5. The van der Waals surface area contributed by atoms with Gasteiger partial charge in [-0.25, -0.2) is 4.79 Å². The quantitative estimate of drug-likeness (QED) is 0.756. The number of benzene rings is 2. The number of esters is 1. The highest BCUT2D eigenvalue weighted by molar-refractivity contribution is 5.94. The fraction of sp³-hybridized carbons (Fsp3) is 0.391. The third kappa shape index (κ3) is 5.28. The summed E-state index contributed by atoms with van der Waals surface area (Å²) >= 11 is 0. The van der Waals surface area contributed by atoms with Crippen molar-refractivity contribution in [2.24, 2.45) is 5.92 Å². The largest absolute Gasteiger partial charge is 0.507 e. The van der Waals surface area contributed by atoms with Crippen LogP contribution in [0, 0.1) is 5.92 Å². The molecule has 1 atom stereocenters. The van der Waals surface area contributed by atoms with E-state index in [0.717, 1.165) is 19.3 Å². The number of amides is 1. The Morgan fingerprint density at radius 3 is 2.45 bits per heavy atom. The Bertz CT molecular complexity index is 844. The molecule has 1 saturated heterocycles. The zero-order chi connectivity index (χ0) is 20.8.